The number of aromatic nitrogens is 1. The number of rotatable bonds is 3. The van der Waals surface area contributed by atoms with Crippen molar-refractivity contribution in [3.8, 4) is 0 Å². The SMILES string of the molecule is CC(c1ccncc1)N1Cc2cccc(C(=O)O)c2C1=O. The first-order valence-electron chi connectivity index (χ1n) is 6.65. The highest BCUT2D eigenvalue weighted by Gasteiger charge is 2.34. The van der Waals surface area contributed by atoms with Gasteiger partial charge in [0.2, 0.25) is 0 Å². The second kappa shape index (κ2) is 5.01. The quantitative estimate of drug-likeness (QED) is 0.939. The Hall–Kier alpha value is -2.69. The van der Waals surface area contributed by atoms with Gasteiger partial charge in [0.1, 0.15) is 0 Å². The van der Waals surface area contributed by atoms with Crippen molar-refractivity contribution in [1.82, 2.24) is 9.88 Å². The van der Waals surface area contributed by atoms with Crippen LogP contribution in [0.3, 0.4) is 0 Å². The van der Waals surface area contributed by atoms with Gasteiger partial charge in [0.25, 0.3) is 5.91 Å². The van der Waals surface area contributed by atoms with Crippen molar-refractivity contribution < 1.29 is 14.7 Å². The molecule has 0 spiro atoms. The van der Waals surface area contributed by atoms with Crippen LogP contribution in [0.25, 0.3) is 0 Å². The second-order valence-corrected chi connectivity index (χ2v) is 5.03. The zero-order valence-corrected chi connectivity index (χ0v) is 11.5. The number of hydrogen-bond acceptors (Lipinski definition) is 3. The molecule has 1 amide bonds. The molecule has 1 aliphatic heterocycles. The number of nitrogens with zero attached hydrogens (tertiary/aromatic N) is 2. The predicted octanol–water partition coefficient (Wildman–Crippen LogP) is 2.50. The minimum absolute atomic E-state index is 0.0712. The topological polar surface area (TPSA) is 70.5 Å². The molecule has 1 atom stereocenters. The number of carbonyl (C=O) groups excluding carboxylic acids is 1. The summed E-state index contributed by atoms with van der Waals surface area (Å²) in [5, 5.41) is 9.23. The van der Waals surface area contributed by atoms with Crippen molar-refractivity contribution in [3.63, 3.8) is 0 Å². The molecular weight excluding hydrogens is 268 g/mol. The van der Waals surface area contributed by atoms with Gasteiger partial charge in [-0.15, -0.1) is 0 Å². The molecule has 0 radical (unpaired) electrons. The molecule has 3 rings (SSSR count). The summed E-state index contributed by atoms with van der Waals surface area (Å²) in [4.78, 5) is 29.5. The number of amides is 1. The van der Waals surface area contributed by atoms with E-state index in [2.05, 4.69) is 4.98 Å². The molecule has 1 aromatic heterocycles. The Bertz CT molecular complexity index is 713. The number of carboxylic acid groups (broad SMARTS) is 1. The van der Waals surface area contributed by atoms with Crippen LogP contribution >= 0.6 is 0 Å². The Morgan fingerprint density at radius 3 is 2.67 bits per heavy atom. The molecule has 106 valence electrons. The van der Waals surface area contributed by atoms with Crippen molar-refractivity contribution in [2.24, 2.45) is 0 Å². The summed E-state index contributed by atoms with van der Waals surface area (Å²) in [7, 11) is 0. The third kappa shape index (κ3) is 2.16. The van der Waals surface area contributed by atoms with Crippen LogP contribution in [0.1, 0.15) is 44.8 Å². The van der Waals surface area contributed by atoms with Gasteiger partial charge < -0.3 is 10.0 Å². The lowest BCUT2D eigenvalue weighted by molar-refractivity contribution is 0.0668. The van der Waals surface area contributed by atoms with Gasteiger partial charge in [0.15, 0.2) is 0 Å². The average Bonchev–Trinajstić information content (AvgIpc) is 2.84. The molecule has 1 N–H and O–H groups in total. The van der Waals surface area contributed by atoms with E-state index in [1.54, 1.807) is 29.4 Å². The maximum Gasteiger partial charge on any atom is 0.336 e. The predicted molar refractivity (Wildman–Crippen MR) is 75.9 cm³/mol. The van der Waals surface area contributed by atoms with Crippen molar-refractivity contribution in [3.05, 3.63) is 65.0 Å². The van der Waals surface area contributed by atoms with E-state index in [-0.39, 0.29) is 17.5 Å². The zero-order chi connectivity index (χ0) is 15.0. The van der Waals surface area contributed by atoms with E-state index in [0.717, 1.165) is 11.1 Å². The van der Waals surface area contributed by atoms with Gasteiger partial charge in [-0.3, -0.25) is 9.78 Å². The maximum atomic E-state index is 12.6. The third-order valence-corrected chi connectivity index (χ3v) is 3.85. The Morgan fingerprint density at radius 2 is 2.00 bits per heavy atom. The standard InChI is InChI=1S/C16H14N2O3/c1-10(11-5-7-17-8-6-11)18-9-12-3-2-4-13(16(20)21)14(12)15(18)19/h2-8,10H,9H2,1H3,(H,20,21). The molecule has 1 aromatic carbocycles. The first-order valence-corrected chi connectivity index (χ1v) is 6.65. The molecule has 0 bridgehead atoms. The highest BCUT2D eigenvalue weighted by atomic mass is 16.4. The highest BCUT2D eigenvalue weighted by molar-refractivity contribution is 6.07. The van der Waals surface area contributed by atoms with Crippen LogP contribution in [0, 0.1) is 0 Å². The summed E-state index contributed by atoms with van der Waals surface area (Å²) in [6.07, 6.45) is 3.37. The molecule has 0 saturated heterocycles. The normalized spacial score (nSPS) is 14.9. The van der Waals surface area contributed by atoms with E-state index in [4.69, 9.17) is 0 Å². The molecule has 1 unspecified atom stereocenters. The first kappa shape index (κ1) is 13.3. The molecule has 1 aliphatic rings. The van der Waals surface area contributed by atoms with Crippen molar-refractivity contribution in [2.75, 3.05) is 0 Å². The molecule has 5 nitrogen and oxygen atoms in total. The van der Waals surface area contributed by atoms with E-state index in [1.165, 1.54) is 6.07 Å². The number of fused-ring (bicyclic) bond motifs is 1. The number of pyridine rings is 1. The van der Waals surface area contributed by atoms with Gasteiger partial charge in [0.05, 0.1) is 17.2 Å². The van der Waals surface area contributed by atoms with Gasteiger partial charge in [-0.25, -0.2) is 4.79 Å². The Balaban J connectivity index is 1.98. The zero-order valence-electron chi connectivity index (χ0n) is 11.5. The van der Waals surface area contributed by atoms with Gasteiger partial charge >= 0.3 is 5.97 Å². The van der Waals surface area contributed by atoms with Crippen LogP contribution in [-0.4, -0.2) is 26.9 Å². The van der Waals surface area contributed by atoms with Crippen LogP contribution in [0.4, 0.5) is 0 Å². The lowest BCUT2D eigenvalue weighted by Gasteiger charge is -2.24. The smallest absolute Gasteiger partial charge is 0.336 e. The number of carbonyl (C=O) groups is 2. The fraction of sp³-hybridized carbons (Fsp3) is 0.188. The Morgan fingerprint density at radius 1 is 1.29 bits per heavy atom. The van der Waals surface area contributed by atoms with Gasteiger partial charge in [-0.1, -0.05) is 12.1 Å². The van der Waals surface area contributed by atoms with Gasteiger partial charge in [-0.05, 0) is 36.2 Å². The van der Waals surface area contributed by atoms with Gasteiger partial charge in [-0.2, -0.15) is 0 Å². The lowest BCUT2D eigenvalue weighted by Crippen LogP contribution is -2.27. The third-order valence-electron chi connectivity index (χ3n) is 3.85. The molecule has 2 aromatic rings. The number of aromatic carboxylic acids is 1. The van der Waals surface area contributed by atoms with Crippen LogP contribution in [0.2, 0.25) is 0 Å². The number of hydrogen-bond donors (Lipinski definition) is 1. The second-order valence-electron chi connectivity index (χ2n) is 5.03. The summed E-state index contributed by atoms with van der Waals surface area (Å²) in [5.41, 5.74) is 2.12. The number of carboxylic acids is 1. The summed E-state index contributed by atoms with van der Waals surface area (Å²) in [5.74, 6) is -1.30. The summed E-state index contributed by atoms with van der Waals surface area (Å²) in [6, 6.07) is 8.54. The minimum Gasteiger partial charge on any atom is -0.478 e. The van der Waals surface area contributed by atoms with E-state index < -0.39 is 5.97 Å². The summed E-state index contributed by atoms with van der Waals surface area (Å²) in [6.45, 7) is 2.36. The van der Waals surface area contributed by atoms with Crippen molar-refractivity contribution >= 4 is 11.9 Å². The minimum atomic E-state index is -1.07. The molecule has 2 heterocycles. The molecule has 5 heteroatoms. The van der Waals surface area contributed by atoms with Crippen LogP contribution in [0.15, 0.2) is 42.7 Å². The van der Waals surface area contributed by atoms with E-state index in [9.17, 15) is 14.7 Å². The Kier molecular flexibility index (Phi) is 3.17. The largest absolute Gasteiger partial charge is 0.478 e. The van der Waals surface area contributed by atoms with E-state index in [0.29, 0.717) is 12.1 Å². The summed E-state index contributed by atoms with van der Waals surface area (Å²) >= 11 is 0. The molecular formula is C16H14N2O3. The van der Waals surface area contributed by atoms with Crippen LogP contribution < -0.4 is 0 Å². The van der Waals surface area contributed by atoms with Crippen LogP contribution in [-0.2, 0) is 6.54 Å². The lowest BCUT2D eigenvalue weighted by atomic mass is 10.0. The molecule has 0 aliphatic carbocycles. The highest BCUT2D eigenvalue weighted by Crippen LogP contribution is 2.32. The van der Waals surface area contributed by atoms with Crippen molar-refractivity contribution in [2.45, 2.75) is 19.5 Å². The fourth-order valence-electron chi connectivity index (χ4n) is 2.70. The summed E-state index contributed by atoms with van der Waals surface area (Å²) < 4.78 is 0. The van der Waals surface area contributed by atoms with E-state index in [1.807, 2.05) is 19.1 Å². The van der Waals surface area contributed by atoms with E-state index >= 15 is 0 Å². The molecule has 0 fully saturated rings. The van der Waals surface area contributed by atoms with Crippen LogP contribution in [0.5, 0.6) is 0 Å². The molecule has 21 heavy (non-hydrogen) atoms. The Labute approximate surface area is 121 Å². The van der Waals surface area contributed by atoms with Crippen molar-refractivity contribution in [1.29, 1.82) is 0 Å². The number of benzene rings is 1. The average molecular weight is 282 g/mol. The molecule has 0 saturated carbocycles. The monoisotopic (exact) mass is 282 g/mol. The maximum absolute atomic E-state index is 12.6. The van der Waals surface area contributed by atoms with Gasteiger partial charge in [0, 0.05) is 18.9 Å². The first-order chi connectivity index (χ1) is 10.1. The fourth-order valence-corrected chi connectivity index (χ4v) is 2.70.